The lowest BCUT2D eigenvalue weighted by Crippen LogP contribution is -2.44. The molecule has 7 nitrogen and oxygen atoms in total. The van der Waals surface area contributed by atoms with E-state index in [2.05, 4.69) is 25.4 Å². The lowest BCUT2D eigenvalue weighted by molar-refractivity contribution is 0.0380. The summed E-state index contributed by atoms with van der Waals surface area (Å²) in [6.07, 6.45) is 3.85. The molecule has 0 amide bonds. The maximum Gasteiger partial charge on any atom is 0.230 e. The van der Waals surface area contributed by atoms with Gasteiger partial charge in [0.05, 0.1) is 12.4 Å². The maximum atomic E-state index is 13.8. The van der Waals surface area contributed by atoms with Crippen LogP contribution in [0.2, 0.25) is 0 Å². The van der Waals surface area contributed by atoms with Gasteiger partial charge in [0.2, 0.25) is 11.7 Å². The van der Waals surface area contributed by atoms with E-state index >= 15 is 0 Å². The standard InChI is InChI=1S/C13H17FN6O/c1-2-16-10-6-17-9(5-18-10)11-19-12(21-20-11)8-3-13(14,4-8)7-15/h5-6,8H,2-4,7,15H2,1H3,(H,16,18). The minimum atomic E-state index is -1.29. The third-order valence-corrected chi connectivity index (χ3v) is 3.62. The first-order chi connectivity index (χ1) is 10.1. The smallest absolute Gasteiger partial charge is 0.230 e. The van der Waals surface area contributed by atoms with Crippen LogP contribution in [-0.2, 0) is 0 Å². The van der Waals surface area contributed by atoms with Gasteiger partial charge in [0, 0.05) is 19.0 Å². The second-order valence-electron chi connectivity index (χ2n) is 5.23. The zero-order valence-corrected chi connectivity index (χ0v) is 11.7. The van der Waals surface area contributed by atoms with E-state index in [1.165, 1.54) is 0 Å². The molecule has 21 heavy (non-hydrogen) atoms. The Bertz CT molecular complexity index is 607. The summed E-state index contributed by atoms with van der Waals surface area (Å²) in [5.74, 6) is 1.43. The van der Waals surface area contributed by atoms with E-state index in [-0.39, 0.29) is 12.5 Å². The molecule has 0 unspecified atom stereocenters. The fourth-order valence-corrected chi connectivity index (χ4v) is 2.39. The monoisotopic (exact) mass is 292 g/mol. The molecule has 2 aromatic rings. The van der Waals surface area contributed by atoms with Gasteiger partial charge in [0.15, 0.2) is 0 Å². The van der Waals surface area contributed by atoms with Crippen molar-refractivity contribution in [2.45, 2.75) is 31.4 Å². The van der Waals surface area contributed by atoms with Crippen LogP contribution in [0.1, 0.15) is 31.6 Å². The molecule has 0 aliphatic heterocycles. The first-order valence-corrected chi connectivity index (χ1v) is 6.92. The van der Waals surface area contributed by atoms with Gasteiger partial charge in [-0.3, -0.25) is 0 Å². The van der Waals surface area contributed by atoms with E-state index in [4.69, 9.17) is 10.3 Å². The summed E-state index contributed by atoms with van der Waals surface area (Å²) < 4.78 is 19.0. The van der Waals surface area contributed by atoms with Crippen LogP contribution in [-0.4, -0.2) is 38.9 Å². The third kappa shape index (κ3) is 2.71. The Morgan fingerprint density at radius 2 is 2.24 bits per heavy atom. The van der Waals surface area contributed by atoms with Crippen LogP contribution in [0.5, 0.6) is 0 Å². The Kier molecular flexibility index (Phi) is 3.54. The van der Waals surface area contributed by atoms with Gasteiger partial charge in [-0.15, -0.1) is 0 Å². The third-order valence-electron chi connectivity index (χ3n) is 3.62. The zero-order valence-electron chi connectivity index (χ0n) is 11.7. The number of nitrogens with one attached hydrogen (secondary N) is 1. The highest BCUT2D eigenvalue weighted by atomic mass is 19.1. The second kappa shape index (κ2) is 5.36. The summed E-state index contributed by atoms with van der Waals surface area (Å²) >= 11 is 0. The van der Waals surface area contributed by atoms with Gasteiger partial charge < -0.3 is 15.6 Å². The van der Waals surface area contributed by atoms with E-state index in [9.17, 15) is 4.39 Å². The summed E-state index contributed by atoms with van der Waals surface area (Å²) in [5, 5.41) is 6.93. The molecule has 1 fully saturated rings. The fourth-order valence-electron chi connectivity index (χ4n) is 2.39. The fraction of sp³-hybridized carbons (Fsp3) is 0.538. The number of nitrogens with zero attached hydrogens (tertiary/aromatic N) is 4. The number of halogens is 1. The van der Waals surface area contributed by atoms with Crippen molar-refractivity contribution in [1.82, 2.24) is 20.1 Å². The normalized spacial score (nSPS) is 24.6. The van der Waals surface area contributed by atoms with Gasteiger partial charge in [-0.2, -0.15) is 4.98 Å². The van der Waals surface area contributed by atoms with Crippen LogP contribution in [0.15, 0.2) is 16.9 Å². The molecule has 2 heterocycles. The van der Waals surface area contributed by atoms with Gasteiger partial charge in [0.25, 0.3) is 0 Å². The van der Waals surface area contributed by atoms with Gasteiger partial charge in [-0.1, -0.05) is 5.16 Å². The summed E-state index contributed by atoms with van der Waals surface area (Å²) in [7, 11) is 0. The van der Waals surface area contributed by atoms with Crippen molar-refractivity contribution in [3.63, 3.8) is 0 Å². The summed E-state index contributed by atoms with van der Waals surface area (Å²) in [4.78, 5) is 12.7. The minimum Gasteiger partial charge on any atom is -0.369 e. The molecule has 0 radical (unpaired) electrons. The maximum absolute atomic E-state index is 13.8. The van der Waals surface area contributed by atoms with Crippen molar-refractivity contribution < 1.29 is 8.91 Å². The average Bonchev–Trinajstić information content (AvgIpc) is 2.94. The van der Waals surface area contributed by atoms with Gasteiger partial charge >= 0.3 is 0 Å². The highest BCUT2D eigenvalue weighted by molar-refractivity contribution is 5.48. The molecular formula is C13H17FN6O. The molecule has 112 valence electrons. The van der Waals surface area contributed by atoms with E-state index in [0.717, 1.165) is 6.54 Å². The lowest BCUT2D eigenvalue weighted by atomic mass is 9.72. The Labute approximate surface area is 121 Å². The van der Waals surface area contributed by atoms with E-state index in [1.807, 2.05) is 6.92 Å². The van der Waals surface area contributed by atoms with Crippen LogP contribution in [0.4, 0.5) is 10.2 Å². The topological polar surface area (TPSA) is 103 Å². The van der Waals surface area contributed by atoms with Crippen molar-refractivity contribution in [3.05, 3.63) is 18.3 Å². The molecule has 0 bridgehead atoms. The van der Waals surface area contributed by atoms with Crippen molar-refractivity contribution in [1.29, 1.82) is 0 Å². The van der Waals surface area contributed by atoms with E-state index < -0.39 is 5.67 Å². The van der Waals surface area contributed by atoms with Crippen molar-refractivity contribution in [3.8, 4) is 11.5 Å². The molecule has 0 aromatic carbocycles. The van der Waals surface area contributed by atoms with Crippen LogP contribution < -0.4 is 11.1 Å². The molecule has 1 aliphatic carbocycles. The first kappa shape index (κ1) is 13.9. The Morgan fingerprint density at radius 3 is 2.86 bits per heavy atom. The molecule has 3 N–H and O–H groups in total. The number of alkyl halides is 1. The number of nitrogens with two attached hydrogens (primary N) is 1. The van der Waals surface area contributed by atoms with Crippen molar-refractivity contribution in [2.24, 2.45) is 5.73 Å². The van der Waals surface area contributed by atoms with Crippen LogP contribution in [0.25, 0.3) is 11.5 Å². The van der Waals surface area contributed by atoms with Crippen LogP contribution >= 0.6 is 0 Å². The SMILES string of the molecule is CCNc1cnc(-c2noc(C3CC(F)(CN)C3)n2)cn1. The molecule has 0 saturated heterocycles. The summed E-state index contributed by atoms with van der Waals surface area (Å²) in [6.45, 7) is 2.78. The Hall–Kier alpha value is -2.09. The number of aromatic nitrogens is 4. The number of hydrogen-bond donors (Lipinski definition) is 2. The first-order valence-electron chi connectivity index (χ1n) is 6.92. The average molecular weight is 292 g/mol. The Morgan fingerprint density at radius 1 is 1.43 bits per heavy atom. The van der Waals surface area contributed by atoms with E-state index in [1.54, 1.807) is 12.4 Å². The predicted octanol–water partition coefficient (Wildman–Crippen LogP) is 1.50. The number of anilines is 1. The quantitative estimate of drug-likeness (QED) is 0.860. The predicted molar refractivity (Wildman–Crippen MR) is 74.4 cm³/mol. The molecule has 8 heteroatoms. The molecule has 3 rings (SSSR count). The zero-order chi connectivity index (χ0) is 14.9. The number of rotatable bonds is 5. The van der Waals surface area contributed by atoms with Crippen LogP contribution in [0.3, 0.4) is 0 Å². The lowest BCUT2D eigenvalue weighted by Gasteiger charge is -2.38. The van der Waals surface area contributed by atoms with Gasteiger partial charge in [0.1, 0.15) is 17.2 Å². The molecule has 2 aromatic heterocycles. The molecule has 0 atom stereocenters. The molecule has 1 saturated carbocycles. The van der Waals surface area contributed by atoms with Gasteiger partial charge in [-0.05, 0) is 19.8 Å². The molecule has 0 spiro atoms. The highest BCUT2D eigenvalue weighted by Gasteiger charge is 2.46. The Balaban J connectivity index is 1.70. The van der Waals surface area contributed by atoms with E-state index in [0.29, 0.717) is 36.1 Å². The van der Waals surface area contributed by atoms with Gasteiger partial charge in [-0.25, -0.2) is 14.4 Å². The molecular weight excluding hydrogens is 275 g/mol. The van der Waals surface area contributed by atoms with Crippen molar-refractivity contribution >= 4 is 5.82 Å². The molecule has 1 aliphatic rings. The van der Waals surface area contributed by atoms with Crippen molar-refractivity contribution in [2.75, 3.05) is 18.4 Å². The second-order valence-corrected chi connectivity index (χ2v) is 5.23. The summed E-state index contributed by atoms with van der Waals surface area (Å²) in [6, 6.07) is 0. The number of hydrogen-bond acceptors (Lipinski definition) is 7. The largest absolute Gasteiger partial charge is 0.369 e. The summed E-state index contributed by atoms with van der Waals surface area (Å²) in [5.41, 5.74) is 4.62. The van der Waals surface area contributed by atoms with Crippen LogP contribution in [0, 0.1) is 0 Å². The highest BCUT2D eigenvalue weighted by Crippen LogP contribution is 2.46. The minimum absolute atomic E-state index is 0.0296.